The van der Waals surface area contributed by atoms with Crippen molar-refractivity contribution in [3.8, 4) is 0 Å². The summed E-state index contributed by atoms with van der Waals surface area (Å²) >= 11 is 4.20. The molecule has 0 aromatic heterocycles. The smallest absolute Gasteiger partial charge is 0.299 e. The zero-order valence-corrected chi connectivity index (χ0v) is 10.5. The molecule has 4 nitrogen and oxygen atoms in total. The largest absolute Gasteiger partial charge is 0.328 e. The van der Waals surface area contributed by atoms with Gasteiger partial charge in [0.25, 0.3) is 5.91 Å². The van der Waals surface area contributed by atoms with E-state index in [0.29, 0.717) is 6.54 Å². The third-order valence-electron chi connectivity index (χ3n) is 2.34. The Balaban J connectivity index is 2.95. The minimum atomic E-state index is -0.635. The molecule has 1 atom stereocenters. The highest BCUT2D eigenvalue weighted by atomic mass is 32.1. The van der Waals surface area contributed by atoms with Crippen LogP contribution in [0.1, 0.15) is 34.1 Å². The molecule has 5 heteroatoms. The van der Waals surface area contributed by atoms with Crippen LogP contribution in [0.25, 0.3) is 0 Å². The molecule has 1 aliphatic heterocycles. The van der Waals surface area contributed by atoms with Crippen LogP contribution in [0.5, 0.6) is 0 Å². The Hall–Kier alpha value is -0.710. The molecule has 1 heterocycles. The van der Waals surface area contributed by atoms with Gasteiger partial charge in [0.1, 0.15) is 0 Å². The zero-order valence-electron chi connectivity index (χ0n) is 9.65. The highest BCUT2D eigenvalue weighted by Crippen LogP contribution is 2.28. The molecule has 1 rings (SSSR count). The lowest BCUT2D eigenvalue weighted by molar-refractivity contribution is -0.126. The maximum atomic E-state index is 11.9. The average Bonchev–Trinajstić information content (AvgIpc) is 2.29. The van der Waals surface area contributed by atoms with Gasteiger partial charge in [-0.15, -0.1) is 12.6 Å². The summed E-state index contributed by atoms with van der Waals surface area (Å²) in [5.74, 6) is -0.208. The first-order valence-electron chi connectivity index (χ1n) is 5.13. The van der Waals surface area contributed by atoms with Crippen molar-refractivity contribution in [1.29, 1.82) is 0 Å². The molecule has 0 saturated carbocycles. The number of hydrogen-bond acceptors (Lipinski definition) is 3. The standard InChI is InChI=1S/C10H18N2O2S/c1-5-6-11-7(13)8(15)12(9(11)14)10(2,3)4/h8,15H,5-6H2,1-4H3. The van der Waals surface area contributed by atoms with Gasteiger partial charge < -0.3 is 0 Å². The summed E-state index contributed by atoms with van der Waals surface area (Å²) in [6, 6.07) is -0.227. The number of amides is 3. The minimum Gasteiger partial charge on any atom is -0.299 e. The first-order chi connectivity index (χ1) is 6.80. The number of nitrogens with zero attached hydrogens (tertiary/aromatic N) is 2. The summed E-state index contributed by atoms with van der Waals surface area (Å²) in [6.07, 6.45) is 0.774. The summed E-state index contributed by atoms with van der Waals surface area (Å²) in [4.78, 5) is 26.5. The SMILES string of the molecule is CCCN1C(=O)C(S)N(C(C)(C)C)C1=O. The average molecular weight is 230 g/mol. The number of carbonyl (C=O) groups is 2. The Bertz CT molecular complexity index is 286. The van der Waals surface area contributed by atoms with Crippen molar-refractivity contribution in [1.82, 2.24) is 9.80 Å². The summed E-state index contributed by atoms with van der Waals surface area (Å²) < 4.78 is 0. The van der Waals surface area contributed by atoms with Crippen LogP contribution < -0.4 is 0 Å². The summed E-state index contributed by atoms with van der Waals surface area (Å²) in [7, 11) is 0. The Kier molecular flexibility index (Phi) is 3.33. The topological polar surface area (TPSA) is 40.6 Å². The van der Waals surface area contributed by atoms with Crippen molar-refractivity contribution >= 4 is 24.6 Å². The zero-order chi connectivity index (χ0) is 11.8. The van der Waals surface area contributed by atoms with Crippen LogP contribution in [0.15, 0.2) is 0 Å². The van der Waals surface area contributed by atoms with Crippen molar-refractivity contribution < 1.29 is 9.59 Å². The van der Waals surface area contributed by atoms with Crippen LogP contribution in [-0.2, 0) is 4.79 Å². The molecule has 3 amide bonds. The molecule has 0 aromatic rings. The molecule has 1 saturated heterocycles. The number of thiol groups is 1. The Labute approximate surface area is 96.0 Å². The molecule has 86 valence electrons. The van der Waals surface area contributed by atoms with Crippen LogP contribution in [0.3, 0.4) is 0 Å². The van der Waals surface area contributed by atoms with E-state index in [2.05, 4.69) is 12.6 Å². The fourth-order valence-corrected chi connectivity index (χ4v) is 2.25. The van der Waals surface area contributed by atoms with E-state index in [1.54, 1.807) is 0 Å². The number of carbonyl (C=O) groups excluding carboxylic acids is 2. The molecular formula is C10H18N2O2S. The van der Waals surface area contributed by atoms with Crippen LogP contribution in [-0.4, -0.2) is 39.2 Å². The van der Waals surface area contributed by atoms with Crippen molar-refractivity contribution in [2.45, 2.75) is 45.0 Å². The molecule has 1 aliphatic rings. The quantitative estimate of drug-likeness (QED) is 0.579. The second-order valence-electron chi connectivity index (χ2n) is 4.69. The maximum absolute atomic E-state index is 11.9. The molecule has 1 fully saturated rings. The van der Waals surface area contributed by atoms with Gasteiger partial charge in [0.15, 0.2) is 5.37 Å². The van der Waals surface area contributed by atoms with Gasteiger partial charge in [0.05, 0.1) is 0 Å². The van der Waals surface area contributed by atoms with Gasteiger partial charge in [-0.25, -0.2) is 4.79 Å². The van der Waals surface area contributed by atoms with Gasteiger partial charge in [-0.1, -0.05) is 6.92 Å². The van der Waals surface area contributed by atoms with Crippen molar-refractivity contribution in [2.24, 2.45) is 0 Å². The molecule has 1 unspecified atom stereocenters. The highest BCUT2D eigenvalue weighted by Gasteiger charge is 2.47. The highest BCUT2D eigenvalue weighted by molar-refractivity contribution is 7.81. The van der Waals surface area contributed by atoms with E-state index in [0.717, 1.165) is 6.42 Å². The first-order valence-corrected chi connectivity index (χ1v) is 5.65. The molecule has 0 N–H and O–H groups in total. The van der Waals surface area contributed by atoms with E-state index in [-0.39, 0.29) is 17.5 Å². The summed E-state index contributed by atoms with van der Waals surface area (Å²) in [6.45, 7) is 8.11. The second kappa shape index (κ2) is 4.04. The van der Waals surface area contributed by atoms with E-state index in [1.165, 1.54) is 9.80 Å². The lowest BCUT2D eigenvalue weighted by Gasteiger charge is -2.33. The van der Waals surface area contributed by atoms with E-state index in [4.69, 9.17) is 0 Å². The lowest BCUT2D eigenvalue weighted by atomic mass is 10.1. The number of urea groups is 1. The van der Waals surface area contributed by atoms with Crippen LogP contribution in [0.2, 0.25) is 0 Å². The first kappa shape index (κ1) is 12.4. The predicted molar refractivity (Wildman–Crippen MR) is 61.8 cm³/mol. The lowest BCUT2D eigenvalue weighted by Crippen LogP contribution is -2.46. The third-order valence-corrected chi connectivity index (χ3v) is 2.79. The fourth-order valence-electron chi connectivity index (χ4n) is 1.66. The third kappa shape index (κ3) is 2.12. The fraction of sp³-hybridized carbons (Fsp3) is 0.800. The van der Waals surface area contributed by atoms with E-state index in [1.807, 2.05) is 27.7 Å². The molecule has 0 aliphatic carbocycles. The maximum Gasteiger partial charge on any atom is 0.328 e. The van der Waals surface area contributed by atoms with Crippen molar-refractivity contribution in [2.75, 3.05) is 6.54 Å². The van der Waals surface area contributed by atoms with Gasteiger partial charge >= 0.3 is 6.03 Å². The number of hydrogen-bond donors (Lipinski definition) is 1. The summed E-state index contributed by atoms with van der Waals surface area (Å²) in [5, 5.41) is -0.635. The Morgan fingerprint density at radius 3 is 2.20 bits per heavy atom. The second-order valence-corrected chi connectivity index (χ2v) is 5.18. The Morgan fingerprint density at radius 2 is 1.87 bits per heavy atom. The molecule has 0 aromatic carbocycles. The molecule has 15 heavy (non-hydrogen) atoms. The molecule has 0 bridgehead atoms. The van der Waals surface area contributed by atoms with Gasteiger partial charge in [0.2, 0.25) is 0 Å². The monoisotopic (exact) mass is 230 g/mol. The summed E-state index contributed by atoms with van der Waals surface area (Å²) in [5.41, 5.74) is -0.373. The van der Waals surface area contributed by atoms with Gasteiger partial charge in [-0.05, 0) is 27.2 Å². The minimum absolute atomic E-state index is 0.208. The van der Waals surface area contributed by atoms with E-state index >= 15 is 0 Å². The van der Waals surface area contributed by atoms with Crippen molar-refractivity contribution in [3.63, 3.8) is 0 Å². The van der Waals surface area contributed by atoms with Crippen LogP contribution >= 0.6 is 12.6 Å². The van der Waals surface area contributed by atoms with Crippen LogP contribution in [0.4, 0.5) is 4.79 Å². The molecular weight excluding hydrogens is 212 g/mol. The van der Waals surface area contributed by atoms with Gasteiger partial charge in [-0.2, -0.15) is 0 Å². The van der Waals surface area contributed by atoms with Gasteiger partial charge in [-0.3, -0.25) is 14.6 Å². The predicted octanol–water partition coefficient (Wildman–Crippen LogP) is 1.71. The van der Waals surface area contributed by atoms with Crippen molar-refractivity contribution in [3.05, 3.63) is 0 Å². The normalized spacial score (nSPS) is 22.9. The van der Waals surface area contributed by atoms with Gasteiger partial charge in [0, 0.05) is 12.1 Å². The van der Waals surface area contributed by atoms with E-state index < -0.39 is 5.37 Å². The Morgan fingerprint density at radius 1 is 1.33 bits per heavy atom. The van der Waals surface area contributed by atoms with Crippen LogP contribution in [0, 0.1) is 0 Å². The number of rotatable bonds is 2. The van der Waals surface area contributed by atoms with E-state index in [9.17, 15) is 9.59 Å². The molecule has 0 spiro atoms. The number of imide groups is 1. The molecule has 0 radical (unpaired) electrons.